The van der Waals surface area contributed by atoms with E-state index in [1.54, 1.807) is 26.2 Å². The topological polar surface area (TPSA) is 67.9 Å². The number of nitrogens with zero attached hydrogens (tertiary/aromatic N) is 1. The molecule has 0 aromatic heterocycles. The van der Waals surface area contributed by atoms with Gasteiger partial charge >= 0.3 is 0 Å². The van der Waals surface area contributed by atoms with Gasteiger partial charge in [0.1, 0.15) is 5.57 Å². The lowest BCUT2D eigenvalue weighted by molar-refractivity contribution is -0.128. The van der Waals surface area contributed by atoms with Crippen LogP contribution in [-0.4, -0.2) is 42.6 Å². The molecule has 0 atom stereocenters. The standard InChI is InChI=1S/C15H15IN2O4S/c1-4-18-14(20)9(13(19)17-15(18)23)5-8-6-10(16)12(22-3)11(7-8)21-2/h5-7H,4H2,1-3H3,(H,17,19,23)/b9-5+. The van der Waals surface area contributed by atoms with Gasteiger partial charge in [0.05, 0.1) is 17.8 Å². The third-order valence-corrected chi connectivity index (χ3v) is 4.39. The van der Waals surface area contributed by atoms with Crippen molar-refractivity contribution in [3.05, 3.63) is 26.8 Å². The normalized spacial score (nSPS) is 16.6. The van der Waals surface area contributed by atoms with Crippen molar-refractivity contribution in [1.82, 2.24) is 10.2 Å². The molecule has 1 aromatic carbocycles. The zero-order valence-electron chi connectivity index (χ0n) is 12.8. The Bertz CT molecular complexity index is 718. The Morgan fingerprint density at radius 3 is 2.57 bits per heavy atom. The van der Waals surface area contributed by atoms with Gasteiger partial charge in [0.2, 0.25) is 0 Å². The van der Waals surface area contributed by atoms with E-state index in [4.69, 9.17) is 21.7 Å². The van der Waals surface area contributed by atoms with Crippen LogP contribution in [0.5, 0.6) is 11.5 Å². The van der Waals surface area contributed by atoms with Gasteiger partial charge in [-0.1, -0.05) is 0 Å². The molecule has 1 aromatic rings. The molecule has 23 heavy (non-hydrogen) atoms. The Hall–Kier alpha value is -1.68. The summed E-state index contributed by atoms with van der Waals surface area (Å²) in [7, 11) is 3.08. The predicted molar refractivity (Wildman–Crippen MR) is 98.4 cm³/mol. The van der Waals surface area contributed by atoms with E-state index in [9.17, 15) is 9.59 Å². The molecule has 0 saturated carbocycles. The molecule has 0 spiro atoms. The zero-order chi connectivity index (χ0) is 17.1. The smallest absolute Gasteiger partial charge is 0.265 e. The highest BCUT2D eigenvalue weighted by Gasteiger charge is 2.32. The largest absolute Gasteiger partial charge is 0.493 e. The number of hydrogen-bond acceptors (Lipinski definition) is 5. The lowest BCUT2D eigenvalue weighted by atomic mass is 10.1. The molecule has 1 saturated heterocycles. The number of methoxy groups -OCH3 is 2. The molecule has 0 radical (unpaired) electrons. The third-order valence-electron chi connectivity index (χ3n) is 3.27. The highest BCUT2D eigenvalue weighted by molar-refractivity contribution is 14.1. The van der Waals surface area contributed by atoms with Crippen LogP contribution in [0.3, 0.4) is 0 Å². The second-order valence-electron chi connectivity index (χ2n) is 4.60. The van der Waals surface area contributed by atoms with Crippen molar-refractivity contribution in [2.24, 2.45) is 0 Å². The minimum Gasteiger partial charge on any atom is -0.493 e. The summed E-state index contributed by atoms with van der Waals surface area (Å²) in [6, 6.07) is 3.51. The lowest BCUT2D eigenvalue weighted by Crippen LogP contribution is -2.53. The zero-order valence-corrected chi connectivity index (χ0v) is 15.8. The van der Waals surface area contributed by atoms with Crippen molar-refractivity contribution in [3.63, 3.8) is 0 Å². The highest BCUT2D eigenvalue weighted by Crippen LogP contribution is 2.34. The maximum atomic E-state index is 12.4. The first kappa shape index (κ1) is 17.7. The molecule has 0 bridgehead atoms. The molecule has 1 aliphatic rings. The predicted octanol–water partition coefficient (Wildman–Crippen LogP) is 1.96. The summed E-state index contributed by atoms with van der Waals surface area (Å²) in [5.74, 6) is 0.212. The number of hydrogen-bond donors (Lipinski definition) is 1. The van der Waals surface area contributed by atoms with Gasteiger partial charge in [-0.25, -0.2) is 0 Å². The number of carbonyl (C=O) groups excluding carboxylic acids is 2. The quantitative estimate of drug-likeness (QED) is 0.332. The Labute approximate surface area is 153 Å². The molecule has 122 valence electrons. The van der Waals surface area contributed by atoms with Crippen LogP contribution in [0.15, 0.2) is 17.7 Å². The van der Waals surface area contributed by atoms with Gasteiger partial charge < -0.3 is 9.47 Å². The molecule has 2 rings (SSSR count). The van der Waals surface area contributed by atoms with Gasteiger partial charge in [0, 0.05) is 6.54 Å². The van der Waals surface area contributed by atoms with E-state index in [-0.39, 0.29) is 10.7 Å². The minimum atomic E-state index is -0.505. The number of halogens is 1. The van der Waals surface area contributed by atoms with E-state index in [0.717, 1.165) is 3.57 Å². The highest BCUT2D eigenvalue weighted by atomic mass is 127. The average Bonchev–Trinajstić information content (AvgIpc) is 2.51. The van der Waals surface area contributed by atoms with Gasteiger partial charge in [-0.05, 0) is 65.5 Å². The third kappa shape index (κ3) is 3.47. The second kappa shape index (κ2) is 7.26. The summed E-state index contributed by atoms with van der Waals surface area (Å²) < 4.78 is 11.4. The number of nitrogens with one attached hydrogen (secondary N) is 1. The van der Waals surface area contributed by atoms with Gasteiger partial charge in [-0.2, -0.15) is 0 Å². The van der Waals surface area contributed by atoms with Crippen LogP contribution in [0, 0.1) is 3.57 Å². The molecule has 0 aliphatic carbocycles. The first-order valence-electron chi connectivity index (χ1n) is 6.73. The molecule has 2 amide bonds. The van der Waals surface area contributed by atoms with Crippen LogP contribution in [0.25, 0.3) is 6.08 Å². The van der Waals surface area contributed by atoms with Gasteiger partial charge in [-0.15, -0.1) is 0 Å². The lowest BCUT2D eigenvalue weighted by Gasteiger charge is -2.27. The molecule has 8 heteroatoms. The van der Waals surface area contributed by atoms with Crippen molar-refractivity contribution < 1.29 is 19.1 Å². The summed E-state index contributed by atoms with van der Waals surface area (Å²) in [5.41, 5.74) is 0.692. The molecule has 1 N–H and O–H groups in total. The van der Waals surface area contributed by atoms with E-state index in [1.807, 2.05) is 0 Å². The van der Waals surface area contributed by atoms with E-state index in [0.29, 0.717) is 23.6 Å². The summed E-state index contributed by atoms with van der Waals surface area (Å²) in [6.07, 6.45) is 1.52. The van der Waals surface area contributed by atoms with E-state index in [2.05, 4.69) is 27.9 Å². The monoisotopic (exact) mass is 446 g/mol. The fourth-order valence-corrected chi connectivity index (χ4v) is 3.32. The maximum Gasteiger partial charge on any atom is 0.265 e. The van der Waals surface area contributed by atoms with Crippen molar-refractivity contribution >= 4 is 57.8 Å². The van der Waals surface area contributed by atoms with Crippen molar-refractivity contribution in [1.29, 1.82) is 0 Å². The first-order chi connectivity index (χ1) is 10.9. The Morgan fingerprint density at radius 1 is 1.30 bits per heavy atom. The van der Waals surface area contributed by atoms with Crippen molar-refractivity contribution in [2.75, 3.05) is 20.8 Å². The van der Waals surface area contributed by atoms with E-state index < -0.39 is 11.8 Å². The molecular weight excluding hydrogens is 431 g/mol. The van der Waals surface area contributed by atoms with Crippen molar-refractivity contribution in [3.8, 4) is 11.5 Å². The van der Waals surface area contributed by atoms with Gasteiger partial charge in [0.25, 0.3) is 11.8 Å². The summed E-state index contributed by atoms with van der Waals surface area (Å²) in [4.78, 5) is 25.8. The SMILES string of the molecule is CCN1C(=O)/C(=C/c2cc(I)c(OC)c(OC)c2)C(=O)NC1=S. The number of carbonyl (C=O) groups is 2. The van der Waals surface area contributed by atoms with Crippen LogP contribution in [0.4, 0.5) is 0 Å². The van der Waals surface area contributed by atoms with Gasteiger partial charge in [0.15, 0.2) is 16.6 Å². The molecule has 6 nitrogen and oxygen atoms in total. The number of thiocarbonyl (C=S) groups is 1. The van der Waals surface area contributed by atoms with E-state index in [1.165, 1.54) is 18.1 Å². The minimum absolute atomic E-state index is 0.0310. The van der Waals surface area contributed by atoms with Crippen molar-refractivity contribution in [2.45, 2.75) is 6.92 Å². The maximum absolute atomic E-state index is 12.4. The second-order valence-corrected chi connectivity index (χ2v) is 6.15. The first-order valence-corrected chi connectivity index (χ1v) is 8.22. The number of ether oxygens (including phenoxy) is 2. The van der Waals surface area contributed by atoms with Crippen LogP contribution in [-0.2, 0) is 9.59 Å². The fraction of sp³-hybridized carbons (Fsp3) is 0.267. The molecule has 1 aliphatic heterocycles. The summed E-state index contributed by atoms with van der Waals surface area (Å²) in [6.45, 7) is 2.18. The molecule has 1 heterocycles. The Balaban J connectivity index is 2.48. The average molecular weight is 446 g/mol. The number of amides is 2. The number of rotatable bonds is 4. The molecule has 0 unspecified atom stereocenters. The van der Waals surface area contributed by atoms with Crippen LogP contribution >= 0.6 is 34.8 Å². The summed E-state index contributed by atoms with van der Waals surface area (Å²) in [5, 5.41) is 2.64. The fourth-order valence-electron chi connectivity index (χ4n) is 2.17. The van der Waals surface area contributed by atoms with Crippen LogP contribution in [0.1, 0.15) is 12.5 Å². The number of benzene rings is 1. The van der Waals surface area contributed by atoms with Gasteiger partial charge in [-0.3, -0.25) is 19.8 Å². The van der Waals surface area contributed by atoms with Crippen LogP contribution < -0.4 is 14.8 Å². The molecule has 1 fully saturated rings. The Morgan fingerprint density at radius 2 is 2.00 bits per heavy atom. The van der Waals surface area contributed by atoms with Crippen LogP contribution in [0.2, 0.25) is 0 Å². The summed E-state index contributed by atoms with van der Waals surface area (Å²) >= 11 is 7.10. The Kier molecular flexibility index (Phi) is 5.58. The number of likely N-dealkylation sites (N-methyl/N-ethyl adjacent to an activating group) is 1. The van der Waals surface area contributed by atoms with E-state index >= 15 is 0 Å². The molecular formula is C15H15IN2O4S.